The van der Waals surface area contributed by atoms with Crippen molar-refractivity contribution >= 4 is 39.6 Å². The zero-order chi connectivity index (χ0) is 14.3. The summed E-state index contributed by atoms with van der Waals surface area (Å²) < 4.78 is 5.87. The summed E-state index contributed by atoms with van der Waals surface area (Å²) in [6, 6.07) is 5.86. The molecule has 0 fully saturated rings. The Morgan fingerprint density at radius 3 is 2.79 bits per heavy atom. The van der Waals surface area contributed by atoms with Crippen LogP contribution in [0.5, 0.6) is 0 Å². The molecule has 0 saturated carbocycles. The van der Waals surface area contributed by atoms with Crippen LogP contribution in [0, 0.1) is 6.92 Å². The topological polar surface area (TPSA) is 55.4 Å². The molecule has 0 radical (unpaired) electrons. The SMILES string of the molecule is CCNC(=O)COC(=O)CSc1ccc(Br)cc1C. The van der Waals surface area contributed by atoms with Crippen LogP contribution in [0.4, 0.5) is 0 Å². The molecule has 1 aromatic rings. The molecule has 0 aromatic heterocycles. The molecule has 0 unspecified atom stereocenters. The second-order valence-corrected chi connectivity index (χ2v) is 5.75. The van der Waals surface area contributed by atoms with E-state index < -0.39 is 5.97 Å². The summed E-state index contributed by atoms with van der Waals surface area (Å²) >= 11 is 4.79. The number of carbonyl (C=O) groups is 2. The smallest absolute Gasteiger partial charge is 0.316 e. The maximum absolute atomic E-state index is 11.5. The van der Waals surface area contributed by atoms with Crippen LogP contribution < -0.4 is 5.32 Å². The first kappa shape index (κ1) is 16.0. The number of aryl methyl sites for hydroxylation is 1. The number of halogens is 1. The van der Waals surface area contributed by atoms with Crippen molar-refractivity contribution in [3.8, 4) is 0 Å². The lowest BCUT2D eigenvalue weighted by atomic mass is 10.2. The number of carbonyl (C=O) groups excluding carboxylic acids is 2. The number of likely N-dealkylation sites (N-methyl/N-ethyl adjacent to an activating group) is 1. The van der Waals surface area contributed by atoms with Crippen molar-refractivity contribution in [3.63, 3.8) is 0 Å². The average Bonchev–Trinajstić information content (AvgIpc) is 2.35. The summed E-state index contributed by atoms with van der Waals surface area (Å²) in [5.74, 6) is -0.471. The number of benzene rings is 1. The Balaban J connectivity index is 2.36. The van der Waals surface area contributed by atoms with E-state index in [9.17, 15) is 9.59 Å². The van der Waals surface area contributed by atoms with Gasteiger partial charge in [-0.05, 0) is 37.6 Å². The molecule has 4 nitrogen and oxygen atoms in total. The van der Waals surface area contributed by atoms with Crippen molar-refractivity contribution in [2.45, 2.75) is 18.7 Å². The third kappa shape index (κ3) is 6.11. The zero-order valence-corrected chi connectivity index (χ0v) is 13.3. The molecular weight excluding hydrogens is 330 g/mol. The number of ether oxygens (including phenoxy) is 1. The minimum atomic E-state index is -0.390. The minimum Gasteiger partial charge on any atom is -0.455 e. The van der Waals surface area contributed by atoms with Gasteiger partial charge in [0.1, 0.15) is 0 Å². The zero-order valence-electron chi connectivity index (χ0n) is 10.9. The average molecular weight is 346 g/mol. The Morgan fingerprint density at radius 1 is 1.42 bits per heavy atom. The molecule has 0 heterocycles. The normalized spacial score (nSPS) is 10.1. The van der Waals surface area contributed by atoms with Gasteiger partial charge in [0.05, 0.1) is 5.75 Å². The van der Waals surface area contributed by atoms with Crippen LogP contribution >= 0.6 is 27.7 Å². The molecule has 0 bridgehead atoms. The van der Waals surface area contributed by atoms with E-state index in [-0.39, 0.29) is 18.3 Å². The fourth-order valence-corrected chi connectivity index (χ4v) is 2.63. The maximum Gasteiger partial charge on any atom is 0.316 e. The van der Waals surface area contributed by atoms with Crippen molar-refractivity contribution in [1.82, 2.24) is 5.32 Å². The van der Waals surface area contributed by atoms with E-state index in [1.165, 1.54) is 11.8 Å². The van der Waals surface area contributed by atoms with Gasteiger partial charge in [0.2, 0.25) is 0 Å². The third-order valence-electron chi connectivity index (χ3n) is 2.22. The van der Waals surface area contributed by atoms with Crippen LogP contribution in [-0.2, 0) is 14.3 Å². The Morgan fingerprint density at radius 2 is 2.16 bits per heavy atom. The summed E-state index contributed by atoms with van der Waals surface area (Å²) in [5, 5.41) is 2.56. The molecule has 0 atom stereocenters. The van der Waals surface area contributed by atoms with E-state index in [1.807, 2.05) is 32.0 Å². The monoisotopic (exact) mass is 345 g/mol. The van der Waals surface area contributed by atoms with Gasteiger partial charge in [0.25, 0.3) is 5.91 Å². The van der Waals surface area contributed by atoms with Crippen LogP contribution in [0.15, 0.2) is 27.6 Å². The first-order valence-corrected chi connectivity index (χ1v) is 7.62. The predicted molar refractivity (Wildman–Crippen MR) is 79.2 cm³/mol. The lowest BCUT2D eigenvalue weighted by Crippen LogP contribution is -2.28. The summed E-state index contributed by atoms with van der Waals surface area (Å²) in [6.45, 7) is 4.11. The first-order valence-electron chi connectivity index (χ1n) is 5.84. The van der Waals surface area contributed by atoms with Gasteiger partial charge in [-0.2, -0.15) is 0 Å². The van der Waals surface area contributed by atoms with Gasteiger partial charge >= 0.3 is 5.97 Å². The van der Waals surface area contributed by atoms with Crippen molar-refractivity contribution in [2.75, 3.05) is 18.9 Å². The van der Waals surface area contributed by atoms with Gasteiger partial charge in [0, 0.05) is 15.9 Å². The fourth-order valence-electron chi connectivity index (χ4n) is 1.35. The van der Waals surface area contributed by atoms with Crippen molar-refractivity contribution in [1.29, 1.82) is 0 Å². The molecule has 0 spiro atoms. The Bertz CT molecular complexity index is 465. The molecule has 1 N–H and O–H groups in total. The lowest BCUT2D eigenvalue weighted by molar-refractivity contribution is -0.145. The van der Waals surface area contributed by atoms with Crippen LogP contribution in [0.3, 0.4) is 0 Å². The highest BCUT2D eigenvalue weighted by atomic mass is 79.9. The number of nitrogens with one attached hydrogen (secondary N) is 1. The Labute approximate surface area is 125 Å². The molecule has 104 valence electrons. The van der Waals surface area contributed by atoms with Crippen molar-refractivity contribution in [2.24, 2.45) is 0 Å². The number of rotatable bonds is 6. The third-order valence-corrected chi connectivity index (χ3v) is 3.86. The molecule has 0 saturated heterocycles. The van der Waals surface area contributed by atoms with Gasteiger partial charge in [-0.25, -0.2) is 0 Å². The van der Waals surface area contributed by atoms with Gasteiger partial charge in [0.15, 0.2) is 6.61 Å². The number of esters is 1. The molecule has 0 aliphatic carbocycles. The van der Waals surface area contributed by atoms with E-state index >= 15 is 0 Å². The van der Waals surface area contributed by atoms with E-state index in [0.717, 1.165) is 14.9 Å². The van der Waals surface area contributed by atoms with E-state index in [2.05, 4.69) is 21.2 Å². The second-order valence-electron chi connectivity index (χ2n) is 3.81. The second kappa shape index (κ2) is 8.22. The molecule has 0 aliphatic rings. The highest BCUT2D eigenvalue weighted by Gasteiger charge is 2.08. The fraction of sp³-hybridized carbons (Fsp3) is 0.385. The number of thioether (sulfide) groups is 1. The Hall–Kier alpha value is -1.01. The van der Waals surface area contributed by atoms with Crippen molar-refractivity contribution in [3.05, 3.63) is 28.2 Å². The maximum atomic E-state index is 11.5. The van der Waals surface area contributed by atoms with Gasteiger partial charge in [-0.1, -0.05) is 15.9 Å². The molecule has 6 heteroatoms. The van der Waals surface area contributed by atoms with Crippen LogP contribution in [0.25, 0.3) is 0 Å². The van der Waals surface area contributed by atoms with E-state index in [0.29, 0.717) is 6.54 Å². The highest BCUT2D eigenvalue weighted by Crippen LogP contribution is 2.25. The van der Waals surface area contributed by atoms with Gasteiger partial charge in [-0.3, -0.25) is 9.59 Å². The summed E-state index contributed by atoms with van der Waals surface area (Å²) in [5.41, 5.74) is 1.09. The molecule has 19 heavy (non-hydrogen) atoms. The predicted octanol–water partition coefficient (Wildman–Crippen LogP) is 2.53. The first-order chi connectivity index (χ1) is 9.02. The number of hydrogen-bond acceptors (Lipinski definition) is 4. The number of amides is 1. The minimum absolute atomic E-state index is 0.196. The van der Waals surface area contributed by atoms with Gasteiger partial charge in [-0.15, -0.1) is 11.8 Å². The van der Waals surface area contributed by atoms with Crippen molar-refractivity contribution < 1.29 is 14.3 Å². The molecule has 1 aromatic carbocycles. The van der Waals surface area contributed by atoms with E-state index in [4.69, 9.17) is 4.74 Å². The summed E-state index contributed by atoms with van der Waals surface area (Å²) in [6.07, 6.45) is 0. The Kier molecular flexibility index (Phi) is 6.94. The highest BCUT2D eigenvalue weighted by molar-refractivity contribution is 9.10. The van der Waals surface area contributed by atoms with Crippen LogP contribution in [0.1, 0.15) is 12.5 Å². The van der Waals surface area contributed by atoms with Crippen LogP contribution in [0.2, 0.25) is 0 Å². The molecule has 1 amide bonds. The summed E-state index contributed by atoms with van der Waals surface area (Å²) in [4.78, 5) is 23.6. The van der Waals surface area contributed by atoms with Gasteiger partial charge < -0.3 is 10.1 Å². The van der Waals surface area contributed by atoms with Crippen LogP contribution in [-0.4, -0.2) is 30.8 Å². The summed E-state index contributed by atoms with van der Waals surface area (Å²) in [7, 11) is 0. The standard InChI is InChI=1S/C13H16BrNO3S/c1-3-15-12(16)7-18-13(17)8-19-11-5-4-10(14)6-9(11)2/h4-6H,3,7-8H2,1-2H3,(H,15,16). The molecule has 0 aliphatic heterocycles. The number of hydrogen-bond donors (Lipinski definition) is 1. The molecule has 1 rings (SSSR count). The quantitative estimate of drug-likeness (QED) is 0.635. The lowest BCUT2D eigenvalue weighted by Gasteiger charge is -2.07. The molecular formula is C13H16BrNO3S. The van der Waals surface area contributed by atoms with E-state index in [1.54, 1.807) is 0 Å². The largest absolute Gasteiger partial charge is 0.455 e.